The van der Waals surface area contributed by atoms with Crippen molar-refractivity contribution in [1.82, 2.24) is 0 Å². The van der Waals surface area contributed by atoms with Gasteiger partial charge in [0.25, 0.3) is 0 Å². The molecule has 0 saturated carbocycles. The quantitative estimate of drug-likeness (QED) is 0.769. The van der Waals surface area contributed by atoms with Crippen LogP contribution in [0, 0.1) is 6.92 Å². The van der Waals surface area contributed by atoms with Gasteiger partial charge in [-0.3, -0.25) is 0 Å². The van der Waals surface area contributed by atoms with Crippen LogP contribution >= 0.6 is 0 Å². The highest BCUT2D eigenvalue weighted by atomic mass is 16.3. The van der Waals surface area contributed by atoms with Gasteiger partial charge in [0, 0.05) is 18.8 Å². The number of anilines is 1. The number of hydrogen-bond donors (Lipinski definition) is 1. The summed E-state index contributed by atoms with van der Waals surface area (Å²) in [5.41, 5.74) is 4.08. The van der Waals surface area contributed by atoms with E-state index in [4.69, 9.17) is 5.11 Å². The van der Waals surface area contributed by atoms with Gasteiger partial charge in [0.15, 0.2) is 0 Å². The lowest BCUT2D eigenvalue weighted by Gasteiger charge is -2.30. The molecule has 0 saturated heterocycles. The lowest BCUT2D eigenvalue weighted by Crippen LogP contribution is -2.31. The molecule has 0 fully saturated rings. The van der Waals surface area contributed by atoms with Gasteiger partial charge < -0.3 is 10.0 Å². The molecule has 2 rings (SSSR count). The Morgan fingerprint density at radius 2 is 2.29 bits per heavy atom. The van der Waals surface area contributed by atoms with Gasteiger partial charge in [0.05, 0.1) is 6.61 Å². The summed E-state index contributed by atoms with van der Waals surface area (Å²) in [4.78, 5) is 2.28. The summed E-state index contributed by atoms with van der Waals surface area (Å²) >= 11 is 0. The van der Waals surface area contributed by atoms with Crippen molar-refractivity contribution in [3.05, 3.63) is 29.3 Å². The van der Waals surface area contributed by atoms with Gasteiger partial charge in [-0.1, -0.05) is 17.7 Å². The second-order valence-corrected chi connectivity index (χ2v) is 3.95. The second kappa shape index (κ2) is 4.01. The minimum Gasteiger partial charge on any atom is -0.395 e. The molecule has 0 unspecified atom stereocenters. The number of β-amino-alcohol motifs (C(OH)–C–C–N with tert-alkyl or cyclic N) is 1. The van der Waals surface area contributed by atoms with Gasteiger partial charge in [-0.25, -0.2) is 0 Å². The fourth-order valence-electron chi connectivity index (χ4n) is 2.16. The summed E-state index contributed by atoms with van der Waals surface area (Å²) in [7, 11) is 0. The minimum atomic E-state index is 0.243. The van der Waals surface area contributed by atoms with Crippen LogP contribution in [-0.2, 0) is 6.42 Å². The monoisotopic (exact) mass is 191 g/mol. The maximum atomic E-state index is 8.96. The second-order valence-electron chi connectivity index (χ2n) is 3.95. The molecule has 0 spiro atoms. The van der Waals surface area contributed by atoms with Gasteiger partial charge >= 0.3 is 0 Å². The van der Waals surface area contributed by atoms with Crippen molar-refractivity contribution in [2.45, 2.75) is 19.8 Å². The molecule has 1 aliphatic rings. The predicted molar refractivity (Wildman–Crippen MR) is 58.8 cm³/mol. The van der Waals surface area contributed by atoms with Crippen molar-refractivity contribution in [2.75, 3.05) is 24.6 Å². The Hall–Kier alpha value is -1.02. The normalized spacial score (nSPS) is 15.4. The molecule has 0 aromatic heterocycles. The number of rotatable bonds is 2. The third kappa shape index (κ3) is 1.75. The SMILES string of the molecule is Cc1ccc2c(c1)CCCN2CCO. The van der Waals surface area contributed by atoms with Gasteiger partial charge in [0.2, 0.25) is 0 Å². The van der Waals surface area contributed by atoms with Crippen LogP contribution in [0.5, 0.6) is 0 Å². The first-order valence-electron chi connectivity index (χ1n) is 5.26. The number of fused-ring (bicyclic) bond motifs is 1. The Kier molecular flexibility index (Phi) is 2.73. The summed E-state index contributed by atoms with van der Waals surface area (Å²) < 4.78 is 0. The molecule has 2 nitrogen and oxygen atoms in total. The van der Waals surface area contributed by atoms with Crippen molar-refractivity contribution < 1.29 is 5.11 Å². The van der Waals surface area contributed by atoms with Crippen molar-refractivity contribution >= 4 is 5.69 Å². The predicted octanol–water partition coefficient (Wildman–Crippen LogP) is 1.74. The number of aliphatic hydroxyl groups is 1. The van der Waals surface area contributed by atoms with Crippen LogP contribution in [0.3, 0.4) is 0 Å². The molecule has 0 amide bonds. The first-order chi connectivity index (χ1) is 6.81. The largest absolute Gasteiger partial charge is 0.395 e. The number of nitrogens with zero attached hydrogens (tertiary/aromatic N) is 1. The standard InChI is InChI=1S/C12H17NO/c1-10-4-5-12-11(9-10)3-2-6-13(12)7-8-14/h4-5,9,14H,2-3,6-8H2,1H3. The Morgan fingerprint density at radius 3 is 3.07 bits per heavy atom. The van der Waals surface area contributed by atoms with E-state index in [1.807, 2.05) is 0 Å². The molecule has 14 heavy (non-hydrogen) atoms. The molecular weight excluding hydrogens is 174 g/mol. The fraction of sp³-hybridized carbons (Fsp3) is 0.500. The molecule has 1 aromatic rings. The van der Waals surface area contributed by atoms with Crippen LogP contribution in [0.2, 0.25) is 0 Å². The summed E-state index contributed by atoms with van der Waals surface area (Å²) in [6.45, 7) is 4.21. The molecule has 1 aromatic carbocycles. The molecule has 1 aliphatic heterocycles. The Labute approximate surface area is 85.2 Å². The number of hydrogen-bond acceptors (Lipinski definition) is 2. The van der Waals surface area contributed by atoms with E-state index in [1.54, 1.807) is 0 Å². The van der Waals surface area contributed by atoms with E-state index in [0.717, 1.165) is 13.1 Å². The molecule has 0 aliphatic carbocycles. The molecular formula is C12H17NO. The van der Waals surface area contributed by atoms with Crippen molar-refractivity contribution in [1.29, 1.82) is 0 Å². The molecule has 0 bridgehead atoms. The lowest BCUT2D eigenvalue weighted by atomic mass is 10.00. The fourth-order valence-corrected chi connectivity index (χ4v) is 2.16. The van der Waals surface area contributed by atoms with Crippen molar-refractivity contribution in [3.8, 4) is 0 Å². The summed E-state index contributed by atoms with van der Waals surface area (Å²) in [6.07, 6.45) is 2.38. The number of aryl methyl sites for hydroxylation is 2. The van der Waals surface area contributed by atoms with Gasteiger partial charge in [-0.15, -0.1) is 0 Å². The van der Waals surface area contributed by atoms with E-state index in [9.17, 15) is 0 Å². The van der Waals surface area contributed by atoms with Crippen LogP contribution in [-0.4, -0.2) is 24.8 Å². The highest BCUT2D eigenvalue weighted by molar-refractivity contribution is 5.56. The molecule has 2 heteroatoms. The zero-order valence-electron chi connectivity index (χ0n) is 8.66. The summed E-state index contributed by atoms with van der Waals surface area (Å²) in [5, 5.41) is 8.96. The number of aliphatic hydroxyl groups excluding tert-OH is 1. The first-order valence-corrected chi connectivity index (χ1v) is 5.26. The van der Waals surface area contributed by atoms with Gasteiger partial charge in [0.1, 0.15) is 0 Å². The Balaban J connectivity index is 2.30. The minimum absolute atomic E-state index is 0.243. The van der Waals surface area contributed by atoms with E-state index in [1.165, 1.54) is 29.7 Å². The summed E-state index contributed by atoms with van der Waals surface area (Å²) in [6, 6.07) is 6.59. The van der Waals surface area contributed by atoms with Crippen molar-refractivity contribution in [3.63, 3.8) is 0 Å². The third-order valence-corrected chi connectivity index (χ3v) is 2.82. The van der Waals surface area contributed by atoms with E-state index in [2.05, 4.69) is 30.0 Å². The summed E-state index contributed by atoms with van der Waals surface area (Å²) in [5.74, 6) is 0. The van der Waals surface area contributed by atoms with E-state index < -0.39 is 0 Å². The molecule has 1 heterocycles. The Morgan fingerprint density at radius 1 is 1.43 bits per heavy atom. The highest BCUT2D eigenvalue weighted by Gasteiger charge is 2.15. The van der Waals surface area contributed by atoms with Crippen LogP contribution in [0.4, 0.5) is 5.69 Å². The van der Waals surface area contributed by atoms with Crippen LogP contribution in [0.1, 0.15) is 17.5 Å². The average molecular weight is 191 g/mol. The van der Waals surface area contributed by atoms with Crippen LogP contribution < -0.4 is 4.90 Å². The zero-order valence-corrected chi connectivity index (χ0v) is 8.66. The maximum Gasteiger partial charge on any atom is 0.0606 e. The third-order valence-electron chi connectivity index (χ3n) is 2.82. The smallest absolute Gasteiger partial charge is 0.0606 e. The number of benzene rings is 1. The van der Waals surface area contributed by atoms with E-state index >= 15 is 0 Å². The first kappa shape index (κ1) is 9.53. The average Bonchev–Trinajstić information content (AvgIpc) is 2.18. The van der Waals surface area contributed by atoms with Gasteiger partial charge in [-0.2, -0.15) is 0 Å². The Bertz CT molecular complexity index is 322. The molecule has 1 N–H and O–H groups in total. The molecule has 0 atom stereocenters. The zero-order chi connectivity index (χ0) is 9.97. The highest BCUT2D eigenvalue weighted by Crippen LogP contribution is 2.27. The van der Waals surface area contributed by atoms with E-state index in [0.29, 0.717) is 0 Å². The topological polar surface area (TPSA) is 23.5 Å². The van der Waals surface area contributed by atoms with Crippen LogP contribution in [0.25, 0.3) is 0 Å². The molecule has 0 radical (unpaired) electrons. The van der Waals surface area contributed by atoms with E-state index in [-0.39, 0.29) is 6.61 Å². The van der Waals surface area contributed by atoms with Crippen LogP contribution in [0.15, 0.2) is 18.2 Å². The molecule has 76 valence electrons. The van der Waals surface area contributed by atoms with Gasteiger partial charge in [-0.05, 0) is 31.4 Å². The maximum absolute atomic E-state index is 8.96. The lowest BCUT2D eigenvalue weighted by molar-refractivity contribution is 0.301. The van der Waals surface area contributed by atoms with Crippen molar-refractivity contribution in [2.24, 2.45) is 0 Å².